The van der Waals surface area contributed by atoms with Crippen molar-refractivity contribution in [1.82, 2.24) is 9.97 Å². The van der Waals surface area contributed by atoms with Crippen LogP contribution >= 0.6 is 11.8 Å². The van der Waals surface area contributed by atoms with Crippen LogP contribution in [0.2, 0.25) is 0 Å². The van der Waals surface area contributed by atoms with Crippen molar-refractivity contribution in [1.29, 1.82) is 0 Å². The third-order valence-electron chi connectivity index (χ3n) is 1.81. The first kappa shape index (κ1) is 10.3. The lowest BCUT2D eigenvalue weighted by atomic mass is 10.3. The lowest BCUT2D eigenvalue weighted by Gasteiger charge is -2.04. The Balaban J connectivity index is 2.61. The molecule has 0 fully saturated rings. The summed E-state index contributed by atoms with van der Waals surface area (Å²) in [5.41, 5.74) is 6.66. The molecular weight excluding hydrogens is 182 g/mol. The van der Waals surface area contributed by atoms with Gasteiger partial charge in [-0.05, 0) is 19.1 Å². The maximum atomic E-state index is 5.66. The molecule has 1 aromatic rings. The second-order valence-corrected chi connectivity index (χ2v) is 3.97. The van der Waals surface area contributed by atoms with E-state index in [2.05, 4.69) is 16.9 Å². The monoisotopic (exact) mass is 197 g/mol. The molecule has 0 aromatic carbocycles. The zero-order valence-corrected chi connectivity index (χ0v) is 8.90. The average molecular weight is 197 g/mol. The molecule has 4 heteroatoms. The second kappa shape index (κ2) is 5.07. The molecule has 2 N–H and O–H groups in total. The van der Waals surface area contributed by atoms with Gasteiger partial charge in [0, 0.05) is 5.56 Å². The summed E-state index contributed by atoms with van der Waals surface area (Å²) >= 11 is 1.75. The van der Waals surface area contributed by atoms with Gasteiger partial charge in [0.05, 0.1) is 0 Å². The van der Waals surface area contributed by atoms with Crippen LogP contribution in [-0.4, -0.2) is 15.7 Å². The van der Waals surface area contributed by atoms with Gasteiger partial charge in [-0.15, -0.1) is 11.8 Å². The molecule has 1 heterocycles. The molecule has 0 bridgehead atoms. The maximum absolute atomic E-state index is 5.66. The van der Waals surface area contributed by atoms with Gasteiger partial charge < -0.3 is 5.73 Å². The first-order valence-electron chi connectivity index (χ1n) is 4.45. The molecule has 0 aliphatic rings. The minimum atomic E-state index is 0.592. The van der Waals surface area contributed by atoms with Crippen molar-refractivity contribution in [2.45, 2.75) is 31.7 Å². The van der Waals surface area contributed by atoms with Crippen LogP contribution in [0.5, 0.6) is 0 Å². The van der Waals surface area contributed by atoms with Gasteiger partial charge in [0.25, 0.3) is 0 Å². The van der Waals surface area contributed by atoms with Crippen molar-refractivity contribution in [2.75, 3.05) is 11.5 Å². The largest absolute Gasteiger partial charge is 0.383 e. The molecule has 0 saturated carbocycles. The Hall–Kier alpha value is -0.770. The number of nitrogens with zero attached hydrogens (tertiary/aromatic N) is 2. The molecule has 13 heavy (non-hydrogen) atoms. The van der Waals surface area contributed by atoms with E-state index in [-0.39, 0.29) is 0 Å². The van der Waals surface area contributed by atoms with Crippen LogP contribution in [0.4, 0.5) is 5.82 Å². The number of nitrogens with two attached hydrogens (primary N) is 1. The normalized spacial score (nSPS) is 10.3. The number of hydrogen-bond donors (Lipinski definition) is 1. The van der Waals surface area contributed by atoms with Crippen molar-refractivity contribution in [3.05, 3.63) is 11.9 Å². The Bertz CT molecular complexity index is 276. The van der Waals surface area contributed by atoms with Gasteiger partial charge in [-0.1, -0.05) is 13.3 Å². The average Bonchev–Trinajstić information content (AvgIpc) is 2.13. The van der Waals surface area contributed by atoms with Gasteiger partial charge in [0.15, 0.2) is 0 Å². The van der Waals surface area contributed by atoms with Gasteiger partial charge in [0.2, 0.25) is 0 Å². The molecule has 1 aromatic heterocycles. The fraction of sp³-hybridized carbons (Fsp3) is 0.556. The highest BCUT2D eigenvalue weighted by Crippen LogP contribution is 2.22. The van der Waals surface area contributed by atoms with E-state index >= 15 is 0 Å². The minimum Gasteiger partial charge on any atom is -0.383 e. The molecule has 3 nitrogen and oxygen atoms in total. The predicted molar refractivity (Wildman–Crippen MR) is 56.8 cm³/mol. The lowest BCUT2D eigenvalue weighted by molar-refractivity contribution is 0.892. The van der Waals surface area contributed by atoms with Crippen LogP contribution in [-0.2, 0) is 0 Å². The topological polar surface area (TPSA) is 51.8 Å². The summed E-state index contributed by atoms with van der Waals surface area (Å²) < 4.78 is 0. The van der Waals surface area contributed by atoms with Crippen LogP contribution in [0.25, 0.3) is 0 Å². The zero-order valence-electron chi connectivity index (χ0n) is 8.08. The van der Waals surface area contributed by atoms with E-state index in [0.29, 0.717) is 5.82 Å². The molecule has 0 aliphatic carbocycles. The summed E-state index contributed by atoms with van der Waals surface area (Å²) in [4.78, 5) is 8.10. The Labute approximate surface area is 83.2 Å². The highest BCUT2D eigenvalue weighted by atomic mass is 32.2. The van der Waals surface area contributed by atoms with Crippen molar-refractivity contribution in [3.63, 3.8) is 0 Å². The predicted octanol–water partition coefficient (Wildman–Crippen LogP) is 2.26. The summed E-state index contributed by atoms with van der Waals surface area (Å²) in [6, 6.07) is 0. The number of hydrogen-bond acceptors (Lipinski definition) is 4. The van der Waals surface area contributed by atoms with Crippen molar-refractivity contribution in [3.8, 4) is 0 Å². The van der Waals surface area contributed by atoms with Crippen molar-refractivity contribution in [2.24, 2.45) is 0 Å². The lowest BCUT2D eigenvalue weighted by Crippen LogP contribution is -1.97. The molecule has 0 amide bonds. The molecule has 0 unspecified atom stereocenters. The third kappa shape index (κ3) is 2.88. The summed E-state index contributed by atoms with van der Waals surface area (Å²) in [6.45, 7) is 4.14. The Morgan fingerprint density at radius 2 is 2.23 bits per heavy atom. The maximum Gasteiger partial charge on any atom is 0.130 e. The molecule has 72 valence electrons. The fourth-order valence-electron chi connectivity index (χ4n) is 0.905. The highest BCUT2D eigenvalue weighted by Gasteiger charge is 2.03. The standard InChI is InChI=1S/C9H15N3S/c1-3-4-5-13-9-7(2)8(10)11-6-12-9/h6H,3-5H2,1-2H3,(H2,10,11,12). The van der Waals surface area contributed by atoms with Crippen LogP contribution in [0.15, 0.2) is 11.4 Å². The number of aromatic nitrogens is 2. The Kier molecular flexibility index (Phi) is 4.02. The summed E-state index contributed by atoms with van der Waals surface area (Å²) in [5, 5.41) is 1.01. The van der Waals surface area contributed by atoms with Gasteiger partial charge in [0.1, 0.15) is 17.2 Å². The summed E-state index contributed by atoms with van der Waals surface area (Å²) in [7, 11) is 0. The number of rotatable bonds is 4. The van der Waals surface area contributed by atoms with E-state index in [0.717, 1.165) is 16.3 Å². The SMILES string of the molecule is CCCCSc1ncnc(N)c1C. The number of unbranched alkanes of at least 4 members (excludes halogenated alkanes) is 1. The van der Waals surface area contributed by atoms with Gasteiger partial charge in [-0.25, -0.2) is 9.97 Å². The smallest absolute Gasteiger partial charge is 0.130 e. The molecule has 0 spiro atoms. The molecule has 0 radical (unpaired) electrons. The summed E-state index contributed by atoms with van der Waals surface area (Å²) in [6.07, 6.45) is 3.96. The van der Waals surface area contributed by atoms with E-state index in [1.165, 1.54) is 19.2 Å². The van der Waals surface area contributed by atoms with E-state index in [4.69, 9.17) is 5.73 Å². The molecule has 0 aliphatic heterocycles. The Morgan fingerprint density at radius 1 is 1.46 bits per heavy atom. The van der Waals surface area contributed by atoms with Gasteiger partial charge in [-0.3, -0.25) is 0 Å². The first-order chi connectivity index (χ1) is 6.25. The van der Waals surface area contributed by atoms with Crippen LogP contribution in [0.3, 0.4) is 0 Å². The van der Waals surface area contributed by atoms with Gasteiger partial charge >= 0.3 is 0 Å². The van der Waals surface area contributed by atoms with Crippen LogP contribution < -0.4 is 5.73 Å². The van der Waals surface area contributed by atoms with E-state index < -0.39 is 0 Å². The first-order valence-corrected chi connectivity index (χ1v) is 5.44. The quantitative estimate of drug-likeness (QED) is 0.457. The molecule has 0 atom stereocenters. The van der Waals surface area contributed by atoms with Crippen molar-refractivity contribution >= 4 is 17.6 Å². The molecular formula is C9H15N3S. The number of thioether (sulfide) groups is 1. The van der Waals surface area contributed by atoms with E-state index in [1.807, 2.05) is 6.92 Å². The van der Waals surface area contributed by atoms with Crippen molar-refractivity contribution < 1.29 is 0 Å². The van der Waals surface area contributed by atoms with E-state index in [1.54, 1.807) is 11.8 Å². The zero-order chi connectivity index (χ0) is 9.68. The van der Waals surface area contributed by atoms with E-state index in [9.17, 15) is 0 Å². The third-order valence-corrected chi connectivity index (χ3v) is 2.99. The van der Waals surface area contributed by atoms with Crippen LogP contribution in [0, 0.1) is 6.92 Å². The molecule has 1 rings (SSSR count). The molecule has 0 saturated heterocycles. The fourth-order valence-corrected chi connectivity index (χ4v) is 1.97. The summed E-state index contributed by atoms with van der Waals surface area (Å²) in [5.74, 6) is 1.70. The highest BCUT2D eigenvalue weighted by molar-refractivity contribution is 7.99. The van der Waals surface area contributed by atoms with Crippen LogP contribution in [0.1, 0.15) is 25.3 Å². The second-order valence-electron chi connectivity index (χ2n) is 2.89. The number of anilines is 1. The Morgan fingerprint density at radius 3 is 2.92 bits per heavy atom. The number of nitrogen functional groups attached to an aromatic ring is 1. The minimum absolute atomic E-state index is 0.592. The van der Waals surface area contributed by atoms with Gasteiger partial charge in [-0.2, -0.15) is 0 Å².